The van der Waals surface area contributed by atoms with Crippen LogP contribution in [0.3, 0.4) is 0 Å². The van der Waals surface area contributed by atoms with Crippen LogP contribution in [0.4, 0.5) is 0 Å². The van der Waals surface area contributed by atoms with Gasteiger partial charge in [-0.3, -0.25) is 4.79 Å². The molecule has 3 nitrogen and oxygen atoms in total. The number of H-pyrrole nitrogens is 1. The Labute approximate surface area is 100 Å². The number of hydrogen-bond acceptors (Lipinski definition) is 1. The first-order chi connectivity index (χ1) is 8.38. The molecule has 0 radical (unpaired) electrons. The number of rotatable bonds is 2. The van der Waals surface area contributed by atoms with E-state index in [-0.39, 0.29) is 0 Å². The maximum absolute atomic E-state index is 10.7. The van der Waals surface area contributed by atoms with Gasteiger partial charge < -0.3 is 9.88 Å². The standard InChI is InChI=1S/C14H16N2O/c17-10-16-8-5-11(6-9-16)12-2-1-3-14-13(12)4-7-15-14/h1-4,7,10-11,15H,5-6,8-9H2. The zero-order valence-electron chi connectivity index (χ0n) is 9.73. The Balaban J connectivity index is 1.89. The highest BCUT2D eigenvalue weighted by Gasteiger charge is 2.20. The fourth-order valence-corrected chi connectivity index (χ4v) is 2.78. The molecule has 1 amide bonds. The molecule has 0 aliphatic carbocycles. The van der Waals surface area contributed by atoms with Crippen molar-refractivity contribution >= 4 is 17.3 Å². The Hall–Kier alpha value is -1.77. The first-order valence-corrected chi connectivity index (χ1v) is 6.14. The van der Waals surface area contributed by atoms with Gasteiger partial charge in [-0.1, -0.05) is 12.1 Å². The van der Waals surface area contributed by atoms with Gasteiger partial charge in [0.25, 0.3) is 0 Å². The van der Waals surface area contributed by atoms with Crippen molar-refractivity contribution in [3.8, 4) is 0 Å². The summed E-state index contributed by atoms with van der Waals surface area (Å²) in [5.74, 6) is 0.589. The largest absolute Gasteiger partial charge is 0.361 e. The summed E-state index contributed by atoms with van der Waals surface area (Å²) in [6, 6.07) is 8.59. The summed E-state index contributed by atoms with van der Waals surface area (Å²) in [4.78, 5) is 15.8. The molecule has 0 atom stereocenters. The van der Waals surface area contributed by atoms with E-state index >= 15 is 0 Å². The summed E-state index contributed by atoms with van der Waals surface area (Å²) in [7, 11) is 0. The molecule has 0 bridgehead atoms. The molecule has 1 N–H and O–H groups in total. The lowest BCUT2D eigenvalue weighted by atomic mass is 9.88. The minimum Gasteiger partial charge on any atom is -0.361 e. The fourth-order valence-electron chi connectivity index (χ4n) is 2.78. The smallest absolute Gasteiger partial charge is 0.209 e. The third kappa shape index (κ3) is 1.82. The van der Waals surface area contributed by atoms with Crippen LogP contribution in [-0.4, -0.2) is 29.4 Å². The Bertz CT molecular complexity index is 524. The molecule has 17 heavy (non-hydrogen) atoms. The van der Waals surface area contributed by atoms with Crippen molar-refractivity contribution in [2.45, 2.75) is 18.8 Å². The number of aromatic nitrogens is 1. The van der Waals surface area contributed by atoms with Crippen LogP contribution in [0.15, 0.2) is 30.5 Å². The van der Waals surface area contributed by atoms with E-state index in [9.17, 15) is 4.79 Å². The van der Waals surface area contributed by atoms with Crippen molar-refractivity contribution in [3.05, 3.63) is 36.0 Å². The Morgan fingerprint density at radius 1 is 1.24 bits per heavy atom. The predicted molar refractivity (Wildman–Crippen MR) is 67.9 cm³/mol. The number of amides is 1. The molecule has 1 saturated heterocycles. The van der Waals surface area contributed by atoms with Crippen LogP contribution in [0, 0.1) is 0 Å². The summed E-state index contributed by atoms with van der Waals surface area (Å²) in [6.07, 6.45) is 5.11. The summed E-state index contributed by atoms with van der Waals surface area (Å²) in [6.45, 7) is 1.77. The van der Waals surface area contributed by atoms with Crippen LogP contribution >= 0.6 is 0 Å². The molecule has 0 spiro atoms. The van der Waals surface area contributed by atoms with Crippen LogP contribution in [0.25, 0.3) is 10.9 Å². The first kappa shape index (κ1) is 10.4. The SMILES string of the molecule is O=CN1CCC(c2cccc3[nH]ccc23)CC1. The Morgan fingerprint density at radius 2 is 2.06 bits per heavy atom. The van der Waals surface area contributed by atoms with Gasteiger partial charge in [-0.2, -0.15) is 0 Å². The van der Waals surface area contributed by atoms with E-state index in [4.69, 9.17) is 0 Å². The molecule has 2 aromatic rings. The highest BCUT2D eigenvalue weighted by molar-refractivity contribution is 5.83. The maximum atomic E-state index is 10.7. The number of nitrogens with zero attached hydrogens (tertiary/aromatic N) is 1. The van der Waals surface area contributed by atoms with Gasteiger partial charge in [0.2, 0.25) is 6.41 Å². The van der Waals surface area contributed by atoms with Gasteiger partial charge in [0.1, 0.15) is 0 Å². The van der Waals surface area contributed by atoms with Crippen LogP contribution in [0.1, 0.15) is 24.3 Å². The van der Waals surface area contributed by atoms with Crippen molar-refractivity contribution in [3.63, 3.8) is 0 Å². The van der Waals surface area contributed by atoms with E-state index < -0.39 is 0 Å². The van der Waals surface area contributed by atoms with E-state index in [1.165, 1.54) is 16.5 Å². The minimum absolute atomic E-state index is 0.589. The molecule has 3 rings (SSSR count). The lowest BCUT2D eigenvalue weighted by Gasteiger charge is -2.29. The zero-order chi connectivity index (χ0) is 11.7. The topological polar surface area (TPSA) is 36.1 Å². The number of carbonyl (C=O) groups is 1. The molecule has 1 aromatic heterocycles. The normalized spacial score (nSPS) is 17.5. The summed E-state index contributed by atoms with van der Waals surface area (Å²) < 4.78 is 0. The Kier molecular flexibility index (Phi) is 2.59. The van der Waals surface area contributed by atoms with Crippen LogP contribution in [0.2, 0.25) is 0 Å². The van der Waals surface area contributed by atoms with E-state index in [2.05, 4.69) is 29.2 Å². The van der Waals surface area contributed by atoms with Gasteiger partial charge in [0.05, 0.1) is 0 Å². The van der Waals surface area contributed by atoms with Gasteiger partial charge in [-0.25, -0.2) is 0 Å². The molecule has 1 aliphatic rings. The molecule has 1 aromatic carbocycles. The number of fused-ring (bicyclic) bond motifs is 1. The van der Waals surface area contributed by atoms with Crippen molar-refractivity contribution in [2.75, 3.05) is 13.1 Å². The van der Waals surface area contributed by atoms with Gasteiger partial charge in [-0.15, -0.1) is 0 Å². The summed E-state index contributed by atoms with van der Waals surface area (Å²) in [5, 5.41) is 1.33. The van der Waals surface area contributed by atoms with Crippen molar-refractivity contribution < 1.29 is 4.79 Å². The highest BCUT2D eigenvalue weighted by Crippen LogP contribution is 2.32. The lowest BCUT2D eigenvalue weighted by Crippen LogP contribution is -2.31. The van der Waals surface area contributed by atoms with Crippen LogP contribution in [0.5, 0.6) is 0 Å². The maximum Gasteiger partial charge on any atom is 0.209 e. The average Bonchev–Trinajstić information content (AvgIpc) is 2.87. The van der Waals surface area contributed by atoms with Gasteiger partial charge in [-0.05, 0) is 36.5 Å². The number of hydrogen-bond donors (Lipinski definition) is 1. The monoisotopic (exact) mass is 228 g/mol. The van der Waals surface area contributed by atoms with E-state index in [0.717, 1.165) is 32.3 Å². The second kappa shape index (κ2) is 4.24. The van der Waals surface area contributed by atoms with Gasteiger partial charge in [0, 0.05) is 30.2 Å². The number of carbonyl (C=O) groups excluding carboxylic acids is 1. The number of aromatic amines is 1. The number of likely N-dealkylation sites (tertiary alicyclic amines) is 1. The van der Waals surface area contributed by atoms with Crippen molar-refractivity contribution in [2.24, 2.45) is 0 Å². The minimum atomic E-state index is 0.589. The third-order valence-corrected chi connectivity index (χ3v) is 3.75. The summed E-state index contributed by atoms with van der Waals surface area (Å²) >= 11 is 0. The van der Waals surface area contributed by atoms with E-state index in [1.54, 1.807) is 0 Å². The van der Waals surface area contributed by atoms with E-state index in [0.29, 0.717) is 5.92 Å². The quantitative estimate of drug-likeness (QED) is 0.788. The number of benzene rings is 1. The number of piperidine rings is 1. The predicted octanol–water partition coefficient (Wildman–Crippen LogP) is 2.50. The molecule has 1 aliphatic heterocycles. The van der Waals surface area contributed by atoms with Gasteiger partial charge in [0.15, 0.2) is 0 Å². The van der Waals surface area contributed by atoms with E-state index in [1.807, 2.05) is 11.1 Å². The number of nitrogens with one attached hydrogen (secondary N) is 1. The lowest BCUT2D eigenvalue weighted by molar-refractivity contribution is -0.119. The third-order valence-electron chi connectivity index (χ3n) is 3.75. The molecule has 88 valence electrons. The molecule has 3 heteroatoms. The molecule has 0 saturated carbocycles. The first-order valence-electron chi connectivity index (χ1n) is 6.14. The average molecular weight is 228 g/mol. The summed E-state index contributed by atoms with van der Waals surface area (Å²) in [5.41, 5.74) is 2.63. The molecule has 1 fully saturated rings. The fraction of sp³-hybridized carbons (Fsp3) is 0.357. The molecular weight excluding hydrogens is 212 g/mol. The molecule has 0 unspecified atom stereocenters. The molecule has 2 heterocycles. The van der Waals surface area contributed by atoms with Crippen LogP contribution in [-0.2, 0) is 4.79 Å². The van der Waals surface area contributed by atoms with Crippen molar-refractivity contribution in [1.29, 1.82) is 0 Å². The highest BCUT2D eigenvalue weighted by atomic mass is 16.1. The second-order valence-corrected chi connectivity index (χ2v) is 4.70. The van der Waals surface area contributed by atoms with Gasteiger partial charge >= 0.3 is 0 Å². The second-order valence-electron chi connectivity index (χ2n) is 4.70. The van der Waals surface area contributed by atoms with Crippen LogP contribution < -0.4 is 0 Å². The van der Waals surface area contributed by atoms with Crippen molar-refractivity contribution in [1.82, 2.24) is 9.88 Å². The zero-order valence-corrected chi connectivity index (χ0v) is 9.73. The molecular formula is C14H16N2O. The Morgan fingerprint density at radius 3 is 2.82 bits per heavy atom.